The molecule has 8 heteroatoms. The molecule has 3 atom stereocenters. The van der Waals surface area contributed by atoms with Crippen molar-refractivity contribution in [3.63, 3.8) is 0 Å². The first-order valence-electron chi connectivity index (χ1n) is 5.36. The van der Waals surface area contributed by atoms with Gasteiger partial charge in [-0.3, -0.25) is 14.3 Å². The average molecular weight is 260 g/mol. The number of aromatic nitrogens is 2. The zero-order chi connectivity index (χ0) is 13.3. The van der Waals surface area contributed by atoms with Crippen LogP contribution in [0.1, 0.15) is 12.6 Å². The van der Waals surface area contributed by atoms with Crippen LogP contribution < -0.4 is 11.2 Å². The van der Waals surface area contributed by atoms with Gasteiger partial charge in [-0.25, -0.2) is 9.18 Å². The van der Waals surface area contributed by atoms with Gasteiger partial charge in [-0.05, 0) is 0 Å². The van der Waals surface area contributed by atoms with Gasteiger partial charge >= 0.3 is 5.69 Å². The van der Waals surface area contributed by atoms with E-state index < -0.39 is 42.5 Å². The minimum absolute atomic E-state index is 0.0452. The van der Waals surface area contributed by atoms with Crippen molar-refractivity contribution in [3.8, 4) is 0 Å². The summed E-state index contributed by atoms with van der Waals surface area (Å²) in [5, 5.41) is 18.8. The van der Waals surface area contributed by atoms with E-state index >= 15 is 0 Å². The van der Waals surface area contributed by atoms with Gasteiger partial charge in [0.05, 0.1) is 12.7 Å². The second-order valence-corrected chi connectivity index (χ2v) is 4.20. The van der Waals surface area contributed by atoms with Crippen molar-refractivity contribution in [2.24, 2.45) is 0 Å². The average Bonchev–Trinajstić information content (AvgIpc) is 2.67. The lowest BCUT2D eigenvalue weighted by molar-refractivity contribution is -0.138. The summed E-state index contributed by atoms with van der Waals surface area (Å²) in [6.45, 7) is -1.77. The molecule has 2 heterocycles. The van der Waals surface area contributed by atoms with Crippen LogP contribution in [0.4, 0.5) is 4.39 Å². The molecule has 0 amide bonds. The highest BCUT2D eigenvalue weighted by molar-refractivity contribution is 4.96. The number of aliphatic hydroxyl groups excluding tert-OH is 2. The standard InChI is InChI=1S/C10H13FN2O5/c11-4-10(5-14)6(15)3-8(18-10)13-2-1-7(16)12-9(13)17/h1-2,6,8,14-15H,3-5H2,(H,12,16,17)/t6-,8+,10+/m0/s1. The van der Waals surface area contributed by atoms with Gasteiger partial charge in [0.15, 0.2) is 0 Å². The molecule has 0 spiro atoms. The number of nitrogens with zero attached hydrogens (tertiary/aromatic N) is 1. The third kappa shape index (κ3) is 1.98. The number of halogens is 1. The fraction of sp³-hybridized carbons (Fsp3) is 0.600. The van der Waals surface area contributed by atoms with E-state index in [0.29, 0.717) is 0 Å². The Labute approximate surface area is 100 Å². The number of H-pyrrole nitrogens is 1. The van der Waals surface area contributed by atoms with Crippen molar-refractivity contribution in [3.05, 3.63) is 33.1 Å². The van der Waals surface area contributed by atoms with E-state index in [1.165, 1.54) is 6.20 Å². The first-order chi connectivity index (χ1) is 8.52. The quantitative estimate of drug-likeness (QED) is 0.614. The van der Waals surface area contributed by atoms with E-state index in [0.717, 1.165) is 10.6 Å². The molecule has 1 aliphatic heterocycles. The molecule has 1 saturated heterocycles. The van der Waals surface area contributed by atoms with Crippen molar-refractivity contribution < 1.29 is 19.3 Å². The predicted molar refractivity (Wildman–Crippen MR) is 57.9 cm³/mol. The van der Waals surface area contributed by atoms with Gasteiger partial charge < -0.3 is 14.9 Å². The SMILES string of the molecule is O=c1ccn([C@H]2C[C@H](O)[C@](CO)(CF)O2)c(=O)[nH]1. The maximum Gasteiger partial charge on any atom is 0.330 e. The molecular weight excluding hydrogens is 247 g/mol. The van der Waals surface area contributed by atoms with Crippen LogP contribution in [-0.4, -0.2) is 44.8 Å². The second kappa shape index (κ2) is 4.63. The molecule has 2 rings (SSSR count). The van der Waals surface area contributed by atoms with Crippen molar-refractivity contribution in [1.29, 1.82) is 0 Å². The Hall–Kier alpha value is -1.51. The highest BCUT2D eigenvalue weighted by atomic mass is 19.1. The molecule has 0 aromatic carbocycles. The molecule has 7 nitrogen and oxygen atoms in total. The van der Waals surface area contributed by atoms with E-state index in [1.807, 2.05) is 4.98 Å². The molecule has 0 unspecified atom stereocenters. The Kier molecular flexibility index (Phi) is 3.33. The molecule has 18 heavy (non-hydrogen) atoms. The molecule has 1 aromatic rings. The summed E-state index contributed by atoms with van der Waals surface area (Å²) in [6.07, 6.45) is -0.996. The van der Waals surface area contributed by atoms with Crippen LogP contribution in [0.3, 0.4) is 0 Å². The van der Waals surface area contributed by atoms with Crippen molar-refractivity contribution in [2.75, 3.05) is 13.3 Å². The minimum Gasteiger partial charge on any atom is -0.393 e. The van der Waals surface area contributed by atoms with E-state index in [9.17, 15) is 19.1 Å². The second-order valence-electron chi connectivity index (χ2n) is 4.20. The summed E-state index contributed by atoms with van der Waals surface area (Å²) in [6, 6.07) is 1.12. The molecule has 1 fully saturated rings. The fourth-order valence-electron chi connectivity index (χ4n) is 1.93. The van der Waals surface area contributed by atoms with Gasteiger partial charge in [0.1, 0.15) is 18.5 Å². The zero-order valence-electron chi connectivity index (χ0n) is 9.38. The molecule has 100 valence electrons. The lowest BCUT2D eigenvalue weighted by atomic mass is 10.00. The lowest BCUT2D eigenvalue weighted by Gasteiger charge is -2.26. The van der Waals surface area contributed by atoms with Crippen LogP contribution in [0.25, 0.3) is 0 Å². The summed E-state index contributed by atoms with van der Waals surface area (Å²) in [5.74, 6) is 0. The van der Waals surface area contributed by atoms with Gasteiger partial charge in [0.2, 0.25) is 0 Å². The highest BCUT2D eigenvalue weighted by Gasteiger charge is 2.49. The summed E-state index contributed by atoms with van der Waals surface area (Å²) in [7, 11) is 0. The Bertz CT molecular complexity index is 536. The molecule has 1 aromatic heterocycles. The van der Waals surface area contributed by atoms with Gasteiger partial charge in [0.25, 0.3) is 5.56 Å². The first-order valence-corrected chi connectivity index (χ1v) is 5.36. The van der Waals surface area contributed by atoms with Crippen LogP contribution in [0.15, 0.2) is 21.9 Å². The molecule has 3 N–H and O–H groups in total. The van der Waals surface area contributed by atoms with Crippen molar-refractivity contribution in [1.82, 2.24) is 9.55 Å². The number of ether oxygens (including phenoxy) is 1. The summed E-state index contributed by atoms with van der Waals surface area (Å²) in [4.78, 5) is 24.4. The largest absolute Gasteiger partial charge is 0.393 e. The molecule has 0 saturated carbocycles. The van der Waals surface area contributed by atoms with Gasteiger partial charge in [0, 0.05) is 18.7 Å². The number of hydrogen-bond acceptors (Lipinski definition) is 5. The highest BCUT2D eigenvalue weighted by Crippen LogP contribution is 2.36. The summed E-state index contributed by atoms with van der Waals surface area (Å²) < 4.78 is 19.1. The number of rotatable bonds is 3. The molecule has 0 aliphatic carbocycles. The Morgan fingerprint density at radius 1 is 1.61 bits per heavy atom. The minimum atomic E-state index is -1.71. The Morgan fingerprint density at radius 2 is 2.33 bits per heavy atom. The monoisotopic (exact) mass is 260 g/mol. The third-order valence-corrected chi connectivity index (χ3v) is 3.06. The number of hydrogen-bond donors (Lipinski definition) is 3. The first kappa shape index (κ1) is 12.9. The van der Waals surface area contributed by atoms with Crippen molar-refractivity contribution >= 4 is 0 Å². The third-order valence-electron chi connectivity index (χ3n) is 3.06. The van der Waals surface area contributed by atoms with Crippen LogP contribution in [-0.2, 0) is 4.74 Å². The van der Waals surface area contributed by atoms with Crippen molar-refractivity contribution in [2.45, 2.75) is 24.4 Å². The normalized spacial score (nSPS) is 31.7. The van der Waals surface area contributed by atoms with Gasteiger partial charge in [-0.1, -0.05) is 0 Å². The van der Waals surface area contributed by atoms with Gasteiger partial charge in [-0.15, -0.1) is 0 Å². The number of aliphatic hydroxyl groups is 2. The lowest BCUT2D eigenvalue weighted by Crippen LogP contribution is -2.45. The van der Waals surface area contributed by atoms with E-state index in [4.69, 9.17) is 9.84 Å². The topological polar surface area (TPSA) is 105 Å². The summed E-state index contributed by atoms with van der Waals surface area (Å²) in [5.41, 5.74) is -2.98. The number of alkyl halides is 1. The smallest absolute Gasteiger partial charge is 0.330 e. The van der Waals surface area contributed by atoms with Crippen LogP contribution in [0.5, 0.6) is 0 Å². The number of nitrogens with one attached hydrogen (secondary N) is 1. The maximum atomic E-state index is 12.9. The molecule has 1 aliphatic rings. The molecular formula is C10H13FN2O5. The van der Waals surface area contributed by atoms with Gasteiger partial charge in [-0.2, -0.15) is 0 Å². The van der Waals surface area contributed by atoms with Crippen LogP contribution in [0, 0.1) is 0 Å². The molecule has 0 radical (unpaired) electrons. The predicted octanol–water partition coefficient (Wildman–Crippen LogP) is -1.48. The Morgan fingerprint density at radius 3 is 2.83 bits per heavy atom. The Balaban J connectivity index is 2.32. The van der Waals surface area contributed by atoms with Crippen LogP contribution in [0.2, 0.25) is 0 Å². The fourth-order valence-corrected chi connectivity index (χ4v) is 1.93. The molecule has 0 bridgehead atoms. The van der Waals surface area contributed by atoms with E-state index in [-0.39, 0.29) is 6.42 Å². The van der Waals surface area contributed by atoms with Crippen LogP contribution >= 0.6 is 0 Å². The van der Waals surface area contributed by atoms with E-state index in [1.54, 1.807) is 0 Å². The zero-order valence-corrected chi connectivity index (χ0v) is 9.38. The maximum absolute atomic E-state index is 12.9. The number of aromatic amines is 1. The summed E-state index contributed by atoms with van der Waals surface area (Å²) >= 11 is 0. The van der Waals surface area contributed by atoms with E-state index in [2.05, 4.69) is 0 Å².